The Bertz CT molecular complexity index is 1450. The fraction of sp³-hybridized carbons (Fsp3) is 0.441. The lowest BCUT2D eigenvalue weighted by molar-refractivity contribution is -0.136. The highest BCUT2D eigenvalue weighted by Gasteiger charge is 2.32. The summed E-state index contributed by atoms with van der Waals surface area (Å²) < 4.78 is 15.0. The first-order valence-electron chi connectivity index (χ1n) is 14.4. The number of aryl methyl sites for hydroxylation is 1. The van der Waals surface area contributed by atoms with Crippen LogP contribution in [0.4, 0.5) is 11.4 Å². The van der Waals surface area contributed by atoms with E-state index in [4.69, 9.17) is 5.11 Å². The molecule has 2 N–H and O–H groups in total. The number of carboxylic acids is 1. The van der Waals surface area contributed by atoms with Gasteiger partial charge in [-0.05, 0) is 112 Å². The minimum atomic E-state index is -1.25. The van der Waals surface area contributed by atoms with Gasteiger partial charge in [-0.2, -0.15) is 0 Å². The summed E-state index contributed by atoms with van der Waals surface area (Å²) in [7, 11) is -1.25. The smallest absolute Gasteiger partial charge is 0.307 e. The minimum absolute atomic E-state index is 0.0753. The molecular formula is C34H44N2O4S. The average molecular weight is 577 g/mol. The molecule has 1 saturated heterocycles. The van der Waals surface area contributed by atoms with E-state index in [0.717, 1.165) is 63.3 Å². The Morgan fingerprint density at radius 1 is 0.927 bits per heavy atom. The van der Waals surface area contributed by atoms with Crippen molar-refractivity contribution in [3.05, 3.63) is 70.3 Å². The molecule has 41 heavy (non-hydrogen) atoms. The topological polar surface area (TPSA) is 81.1 Å². The van der Waals surface area contributed by atoms with E-state index in [9.17, 15) is 14.1 Å². The molecule has 220 valence electrons. The second kappa shape index (κ2) is 12.4. The maximum atomic E-state index is 13.1. The van der Waals surface area contributed by atoms with Gasteiger partial charge < -0.3 is 15.1 Å². The van der Waals surface area contributed by atoms with Crippen LogP contribution in [0.5, 0.6) is 0 Å². The molecule has 2 heterocycles. The van der Waals surface area contributed by atoms with Gasteiger partial charge in [-0.1, -0.05) is 35.9 Å². The van der Waals surface area contributed by atoms with Gasteiger partial charge >= 0.3 is 5.97 Å². The van der Waals surface area contributed by atoms with Crippen LogP contribution in [0.1, 0.15) is 67.9 Å². The Labute approximate surface area is 247 Å². The van der Waals surface area contributed by atoms with Crippen LogP contribution in [0.25, 0.3) is 22.3 Å². The molecule has 1 unspecified atom stereocenters. The van der Waals surface area contributed by atoms with E-state index in [1.807, 2.05) is 11.2 Å². The van der Waals surface area contributed by atoms with Crippen molar-refractivity contribution in [3.8, 4) is 22.3 Å². The predicted molar refractivity (Wildman–Crippen MR) is 171 cm³/mol. The zero-order valence-electron chi connectivity index (χ0n) is 25.5. The average Bonchev–Trinajstić information content (AvgIpc) is 2.90. The monoisotopic (exact) mass is 576 g/mol. The van der Waals surface area contributed by atoms with Crippen LogP contribution in [0.3, 0.4) is 0 Å². The van der Waals surface area contributed by atoms with Gasteiger partial charge in [0.15, 0.2) is 0 Å². The first-order chi connectivity index (χ1) is 19.3. The number of carbonyl (C=O) groups is 1. The number of aliphatic hydroxyl groups is 1. The van der Waals surface area contributed by atoms with Crippen LogP contribution in [0.2, 0.25) is 0 Å². The minimum Gasteiger partial charge on any atom is -0.481 e. The quantitative estimate of drug-likeness (QED) is 0.343. The molecule has 1 fully saturated rings. The van der Waals surface area contributed by atoms with Crippen molar-refractivity contribution in [2.75, 3.05) is 28.6 Å². The molecule has 2 aliphatic rings. The van der Waals surface area contributed by atoms with Crippen LogP contribution in [0.15, 0.2) is 42.5 Å². The van der Waals surface area contributed by atoms with Gasteiger partial charge in [0.05, 0.1) is 24.3 Å². The van der Waals surface area contributed by atoms with Crippen LogP contribution >= 0.6 is 0 Å². The fourth-order valence-electron chi connectivity index (χ4n) is 5.93. The molecule has 0 saturated carbocycles. The first kappa shape index (κ1) is 30.8. The number of nitrogens with zero attached hydrogens (tertiary/aromatic N) is 2. The number of rotatable bonds is 5. The van der Waals surface area contributed by atoms with Crippen molar-refractivity contribution in [1.29, 1.82) is 0 Å². The van der Waals surface area contributed by atoms with Crippen molar-refractivity contribution < 1.29 is 19.2 Å². The van der Waals surface area contributed by atoms with E-state index in [2.05, 4.69) is 61.2 Å². The highest BCUT2D eigenvalue weighted by molar-refractivity contribution is 7.85. The fourth-order valence-corrected chi connectivity index (χ4v) is 6.73. The normalized spacial score (nSPS) is 15.4. The molecule has 0 radical (unpaired) electrons. The highest BCUT2D eigenvalue weighted by Crippen LogP contribution is 2.49. The third-order valence-corrected chi connectivity index (χ3v) is 8.65. The maximum absolute atomic E-state index is 13.1. The second-order valence-corrected chi connectivity index (χ2v) is 13.6. The van der Waals surface area contributed by atoms with Crippen LogP contribution in [0, 0.1) is 20.8 Å². The Morgan fingerprint density at radius 2 is 1.54 bits per heavy atom. The van der Waals surface area contributed by atoms with Crippen molar-refractivity contribution in [2.45, 2.75) is 79.4 Å². The zero-order chi connectivity index (χ0) is 30.1. The first-order valence-corrected chi connectivity index (χ1v) is 15.9. The molecule has 0 bridgehead atoms. The molecule has 3 aromatic rings. The summed E-state index contributed by atoms with van der Waals surface area (Å²) in [6.07, 6.45) is 5.36. The Balaban J connectivity index is 0.000000714. The van der Waals surface area contributed by atoms with Gasteiger partial charge in [-0.25, -0.2) is 4.21 Å². The lowest BCUT2D eigenvalue weighted by Gasteiger charge is -2.36. The number of benzene rings is 3. The number of piperidine rings is 1. The van der Waals surface area contributed by atoms with Gasteiger partial charge in [-0.15, -0.1) is 0 Å². The lowest BCUT2D eigenvalue weighted by Crippen LogP contribution is -2.31. The number of hydrogen-bond acceptors (Lipinski definition) is 4. The molecule has 5 rings (SSSR count). The van der Waals surface area contributed by atoms with Crippen LogP contribution < -0.4 is 9.21 Å². The van der Waals surface area contributed by atoms with E-state index < -0.39 is 22.6 Å². The van der Waals surface area contributed by atoms with Gasteiger partial charge in [0.2, 0.25) is 0 Å². The van der Waals surface area contributed by atoms with Crippen molar-refractivity contribution >= 4 is 28.3 Å². The Hall–Kier alpha value is -3.16. The number of fused-ring (bicyclic) bond motifs is 3. The van der Waals surface area contributed by atoms with Crippen molar-refractivity contribution in [2.24, 2.45) is 0 Å². The molecule has 7 heteroatoms. The second-order valence-electron chi connectivity index (χ2n) is 12.3. The van der Waals surface area contributed by atoms with E-state index in [1.165, 1.54) is 30.5 Å². The third-order valence-electron chi connectivity index (χ3n) is 7.72. The number of aliphatic carboxylic acids is 1. The molecule has 6 nitrogen and oxygen atoms in total. The number of hydrogen-bond donors (Lipinski definition) is 2. The van der Waals surface area contributed by atoms with E-state index >= 15 is 0 Å². The van der Waals surface area contributed by atoms with Crippen LogP contribution in [-0.4, -0.2) is 45.3 Å². The number of anilines is 2. The largest absolute Gasteiger partial charge is 0.481 e. The van der Waals surface area contributed by atoms with E-state index in [0.29, 0.717) is 6.54 Å². The zero-order valence-corrected chi connectivity index (χ0v) is 26.3. The van der Waals surface area contributed by atoms with Gasteiger partial charge in [-0.3, -0.25) is 9.10 Å². The summed E-state index contributed by atoms with van der Waals surface area (Å²) in [6.45, 7) is 14.1. The predicted octanol–water partition coefficient (Wildman–Crippen LogP) is 6.95. The van der Waals surface area contributed by atoms with Gasteiger partial charge in [0.1, 0.15) is 11.0 Å². The summed E-state index contributed by atoms with van der Waals surface area (Å²) in [5, 5.41) is 18.3. The third kappa shape index (κ3) is 7.02. The van der Waals surface area contributed by atoms with E-state index in [1.54, 1.807) is 27.0 Å². The molecule has 0 aliphatic carbocycles. The standard InChI is InChI=1S/C30H34N2O3S.C4H10O/c1-19-8-10-22(11-9-19)28-21(3)29-25-13-12-24(31-14-6-5-7-15-31)16-23(25)18-32(36(4)35)30(29)20(2)26(28)17-27(33)34;1-4(2,3)5/h8-13,16H,5-7,14-15,17-18H2,1-4H3,(H,33,34);5H,1-3H3. The molecule has 0 spiro atoms. The Morgan fingerprint density at radius 3 is 2.10 bits per heavy atom. The molecular weight excluding hydrogens is 532 g/mol. The SMILES string of the molecule is CC(C)(C)O.Cc1ccc(-c2c(C)c3c(c(C)c2CC(=O)O)N(S(C)=O)Cc2cc(N4CCCCC4)ccc2-3)cc1. The van der Waals surface area contributed by atoms with Crippen molar-refractivity contribution in [1.82, 2.24) is 0 Å². The summed E-state index contributed by atoms with van der Waals surface area (Å²) in [4.78, 5) is 14.4. The molecule has 0 aromatic heterocycles. The van der Waals surface area contributed by atoms with Crippen molar-refractivity contribution in [3.63, 3.8) is 0 Å². The number of carboxylic acid groups (broad SMARTS) is 1. The molecule has 2 aliphatic heterocycles. The Kier molecular flexibility index (Phi) is 9.29. The van der Waals surface area contributed by atoms with Crippen LogP contribution in [-0.2, 0) is 28.7 Å². The van der Waals surface area contributed by atoms with E-state index in [-0.39, 0.29) is 6.42 Å². The summed E-state index contributed by atoms with van der Waals surface area (Å²) in [5.74, 6) is -0.864. The van der Waals surface area contributed by atoms with Gasteiger partial charge in [0, 0.05) is 30.6 Å². The molecule has 0 amide bonds. The highest BCUT2D eigenvalue weighted by atomic mass is 32.2. The lowest BCUT2D eigenvalue weighted by atomic mass is 9.81. The molecule has 3 aromatic carbocycles. The summed E-state index contributed by atoms with van der Waals surface area (Å²) in [5.41, 5.74) is 10.9. The summed E-state index contributed by atoms with van der Waals surface area (Å²) >= 11 is 0. The molecule has 1 atom stereocenters. The maximum Gasteiger partial charge on any atom is 0.307 e. The van der Waals surface area contributed by atoms with Gasteiger partial charge in [0.25, 0.3) is 0 Å². The summed E-state index contributed by atoms with van der Waals surface area (Å²) in [6, 6.07) is 15.0.